The third kappa shape index (κ3) is 66.9. The van der Waals surface area contributed by atoms with Crippen LogP contribution in [-0.4, -0.2) is 95.9 Å². The van der Waals surface area contributed by atoms with Crippen molar-refractivity contribution in [2.75, 3.05) is 39.6 Å². The number of hydrogen-bond donors (Lipinski definition) is 4. The molecule has 0 fully saturated rings. The van der Waals surface area contributed by atoms with E-state index in [0.29, 0.717) is 19.3 Å². The van der Waals surface area contributed by atoms with Crippen LogP contribution < -0.4 is 0 Å². The van der Waals surface area contributed by atoms with E-state index in [-0.39, 0.29) is 19.3 Å². The number of hydrogen-bond acceptors (Lipinski definition) is 14. The highest BCUT2D eigenvalue weighted by Crippen LogP contribution is 2.45. The van der Waals surface area contributed by atoms with Crippen LogP contribution in [0.25, 0.3) is 0 Å². The Bertz CT molecular complexity index is 2190. The molecular weight excluding hydrogens is 1190 g/mol. The van der Waals surface area contributed by atoms with Crippen LogP contribution in [0, 0.1) is 0 Å². The van der Waals surface area contributed by atoms with Crippen LogP contribution in [0.15, 0.2) is 134 Å². The van der Waals surface area contributed by atoms with Gasteiger partial charge < -0.3 is 34.2 Å². The first-order chi connectivity index (χ1) is 44.2. The Hall–Kier alpha value is -4.31. The van der Waals surface area contributed by atoms with E-state index in [2.05, 4.69) is 154 Å². The molecule has 520 valence electrons. The van der Waals surface area contributed by atoms with Crippen molar-refractivity contribution in [2.45, 2.75) is 270 Å². The van der Waals surface area contributed by atoms with Gasteiger partial charge >= 0.3 is 33.6 Å². The number of phosphoric ester groups is 2. The van der Waals surface area contributed by atoms with E-state index in [4.69, 9.17) is 32.3 Å². The summed E-state index contributed by atoms with van der Waals surface area (Å²) in [7, 11) is -9.79. The molecule has 0 saturated heterocycles. The summed E-state index contributed by atoms with van der Waals surface area (Å²) in [6.45, 7) is 2.33. The Kier molecular flexibility index (Phi) is 62.6. The zero-order valence-electron chi connectivity index (χ0n) is 56.2. The summed E-state index contributed by atoms with van der Waals surface area (Å²) in [6, 6.07) is 0. The van der Waals surface area contributed by atoms with Gasteiger partial charge in [-0.15, -0.1) is 0 Å². The summed E-state index contributed by atoms with van der Waals surface area (Å²) in [5.74, 6) is -1.63. The van der Waals surface area contributed by atoms with Gasteiger partial charge in [0, 0.05) is 19.3 Å². The Morgan fingerprint density at radius 1 is 0.319 bits per heavy atom. The van der Waals surface area contributed by atoms with Crippen LogP contribution in [0.3, 0.4) is 0 Å². The SMILES string of the molecule is CC/C=C\C/C=C\C/C=C\C/C=C\C/C=C\C/C=C\CCCCCCCCCCC(=O)OCC(O)COP(=O)(O)OCC(O)COP(=O)(O)OCC(COC(=O)CCCCCC/C=C\C/C=C\C/C=C\C/C=C\CC)OC(=O)CCCCCCC/C=C\CCCC. The standard InChI is InChI=1S/C73H122O16P2/c1-4-7-10-13-16-19-22-24-26-28-29-30-31-32-33-34-35-36-37-39-41-42-45-47-50-53-56-59-71(76)83-62-68(74)63-85-90(79,80)86-64-69(75)65-87-91(81,82)88-67-70(89-73(78)61-58-55-52-49-44-21-18-15-12-9-6-3)66-84-72(77)60-57-54-51-48-46-43-40-38-27-25-23-20-17-14-11-8-5-2/h7-8,10-11,15-20,24-27,29-30,32-33,35-36,40,43,68-70,74-75H,4-6,9,12-14,21-23,28,31,34,37-39,41-42,44-67H2,1-3H3,(H,79,80)(H,81,82)/b10-7-,11-8-,18-15-,19-16-,20-17-,26-24-,27-25-,30-29-,33-32-,36-35-,43-40-. The summed E-state index contributed by atoms with van der Waals surface area (Å²) in [6.07, 6.45) is 76.6. The van der Waals surface area contributed by atoms with Gasteiger partial charge in [-0.2, -0.15) is 0 Å². The maximum absolute atomic E-state index is 12.9. The van der Waals surface area contributed by atoms with Crippen LogP contribution in [-0.2, 0) is 55.8 Å². The second-order valence-corrected chi connectivity index (χ2v) is 25.5. The minimum atomic E-state index is -4.93. The topological polar surface area (TPSA) is 231 Å². The number of aliphatic hydroxyl groups excluding tert-OH is 2. The Morgan fingerprint density at radius 3 is 0.934 bits per heavy atom. The molecule has 5 atom stereocenters. The molecule has 91 heavy (non-hydrogen) atoms. The average molecular weight is 1320 g/mol. The van der Waals surface area contributed by atoms with Crippen molar-refractivity contribution >= 4 is 33.6 Å². The predicted molar refractivity (Wildman–Crippen MR) is 371 cm³/mol. The molecule has 4 N–H and O–H groups in total. The summed E-state index contributed by atoms with van der Waals surface area (Å²) >= 11 is 0. The van der Waals surface area contributed by atoms with E-state index in [1.807, 2.05) is 0 Å². The zero-order chi connectivity index (χ0) is 66.7. The molecule has 0 spiro atoms. The summed E-state index contributed by atoms with van der Waals surface area (Å²) in [5, 5.41) is 20.5. The van der Waals surface area contributed by atoms with E-state index in [9.17, 15) is 43.5 Å². The van der Waals surface area contributed by atoms with Gasteiger partial charge in [-0.3, -0.25) is 32.5 Å². The predicted octanol–water partition coefficient (Wildman–Crippen LogP) is 19.2. The molecule has 0 rings (SSSR count). The third-order valence-corrected chi connectivity index (χ3v) is 15.7. The lowest BCUT2D eigenvalue weighted by molar-refractivity contribution is -0.161. The fourth-order valence-electron chi connectivity index (χ4n) is 8.60. The lowest BCUT2D eigenvalue weighted by atomic mass is 10.1. The fraction of sp³-hybridized carbons (Fsp3) is 0.658. The highest BCUT2D eigenvalue weighted by atomic mass is 31.2. The lowest BCUT2D eigenvalue weighted by Crippen LogP contribution is -2.30. The van der Waals surface area contributed by atoms with E-state index in [1.165, 1.54) is 32.1 Å². The molecule has 0 saturated carbocycles. The quantitative estimate of drug-likeness (QED) is 0.0146. The molecule has 0 aromatic carbocycles. The summed E-state index contributed by atoms with van der Waals surface area (Å²) in [4.78, 5) is 58.3. The van der Waals surface area contributed by atoms with Crippen molar-refractivity contribution in [3.05, 3.63) is 134 Å². The second-order valence-electron chi connectivity index (χ2n) is 22.6. The average Bonchev–Trinajstić information content (AvgIpc) is 3.69. The molecule has 0 bridgehead atoms. The number of aliphatic hydroxyl groups is 2. The highest BCUT2D eigenvalue weighted by Gasteiger charge is 2.29. The Labute approximate surface area is 550 Å². The first-order valence-electron chi connectivity index (χ1n) is 34.5. The number of ether oxygens (including phenoxy) is 3. The number of carbonyl (C=O) groups excluding carboxylic acids is 3. The van der Waals surface area contributed by atoms with Gasteiger partial charge in [0.15, 0.2) is 6.10 Å². The normalized spacial score (nSPS) is 15.0. The molecular formula is C73H122O16P2. The lowest BCUT2D eigenvalue weighted by Gasteiger charge is -2.21. The van der Waals surface area contributed by atoms with E-state index >= 15 is 0 Å². The van der Waals surface area contributed by atoms with Crippen LogP contribution >= 0.6 is 15.6 Å². The second kappa shape index (κ2) is 65.7. The van der Waals surface area contributed by atoms with Crippen molar-refractivity contribution in [1.82, 2.24) is 0 Å². The number of esters is 3. The highest BCUT2D eigenvalue weighted by molar-refractivity contribution is 7.47. The molecule has 0 aromatic heterocycles. The number of unbranched alkanes of at least 4 members (excludes halogenated alkanes) is 19. The van der Waals surface area contributed by atoms with E-state index < -0.39 is 91.5 Å². The van der Waals surface area contributed by atoms with Crippen molar-refractivity contribution in [2.24, 2.45) is 0 Å². The van der Waals surface area contributed by atoms with Crippen molar-refractivity contribution in [3.63, 3.8) is 0 Å². The van der Waals surface area contributed by atoms with Gasteiger partial charge in [-0.1, -0.05) is 238 Å². The monoisotopic (exact) mass is 1320 g/mol. The minimum absolute atomic E-state index is 0.0853. The first kappa shape index (κ1) is 86.7. The van der Waals surface area contributed by atoms with Crippen LogP contribution in [0.2, 0.25) is 0 Å². The number of carbonyl (C=O) groups is 3. The Balaban J connectivity index is 4.52. The first-order valence-corrected chi connectivity index (χ1v) is 37.5. The summed E-state index contributed by atoms with van der Waals surface area (Å²) in [5.41, 5.74) is 0. The molecule has 0 aliphatic rings. The van der Waals surface area contributed by atoms with Crippen molar-refractivity contribution in [3.8, 4) is 0 Å². The summed E-state index contributed by atoms with van der Waals surface area (Å²) < 4.78 is 60.8. The van der Waals surface area contributed by atoms with Gasteiger partial charge in [0.25, 0.3) is 0 Å². The minimum Gasteiger partial charge on any atom is -0.463 e. The van der Waals surface area contributed by atoms with Gasteiger partial charge in [-0.25, -0.2) is 9.13 Å². The molecule has 0 aromatic rings. The van der Waals surface area contributed by atoms with E-state index in [1.54, 1.807) is 0 Å². The largest absolute Gasteiger partial charge is 0.472 e. The maximum atomic E-state index is 12.9. The molecule has 0 amide bonds. The molecule has 16 nitrogen and oxygen atoms in total. The van der Waals surface area contributed by atoms with E-state index in [0.717, 1.165) is 161 Å². The van der Waals surface area contributed by atoms with Crippen LogP contribution in [0.1, 0.15) is 252 Å². The number of rotatable bonds is 64. The van der Waals surface area contributed by atoms with Crippen LogP contribution in [0.4, 0.5) is 0 Å². The molecule has 0 heterocycles. The van der Waals surface area contributed by atoms with Gasteiger partial charge in [-0.05, 0) is 128 Å². The van der Waals surface area contributed by atoms with Gasteiger partial charge in [0.05, 0.1) is 26.4 Å². The van der Waals surface area contributed by atoms with Gasteiger partial charge in [0.1, 0.15) is 25.4 Å². The van der Waals surface area contributed by atoms with Gasteiger partial charge in [0.2, 0.25) is 0 Å². The molecule has 0 aliphatic carbocycles. The zero-order valence-corrected chi connectivity index (χ0v) is 58.0. The third-order valence-electron chi connectivity index (χ3n) is 13.8. The molecule has 0 radical (unpaired) electrons. The Morgan fingerprint density at radius 2 is 0.582 bits per heavy atom. The number of phosphoric acid groups is 2. The molecule has 18 heteroatoms. The number of allylic oxidation sites excluding steroid dienone is 22. The fourth-order valence-corrected chi connectivity index (χ4v) is 10.2. The van der Waals surface area contributed by atoms with Crippen molar-refractivity contribution < 1.29 is 75.8 Å². The maximum Gasteiger partial charge on any atom is 0.472 e. The van der Waals surface area contributed by atoms with Crippen LogP contribution in [0.5, 0.6) is 0 Å². The molecule has 0 aliphatic heterocycles. The van der Waals surface area contributed by atoms with Crippen molar-refractivity contribution in [1.29, 1.82) is 0 Å². The smallest absolute Gasteiger partial charge is 0.463 e. The molecule has 5 unspecified atom stereocenters.